The molecular formula is C11H21N3O4. The number of carbonyl (C=O) groups excluding carboxylic acids is 3. The summed E-state index contributed by atoms with van der Waals surface area (Å²) in [6.07, 6.45) is 0.446. The van der Waals surface area contributed by atoms with Crippen LogP contribution in [0.15, 0.2) is 0 Å². The quantitative estimate of drug-likeness (QED) is 0.505. The molecule has 0 radical (unpaired) electrons. The number of aliphatic carboxylic acids is 1. The van der Waals surface area contributed by atoms with Gasteiger partial charge in [0.15, 0.2) is 6.54 Å². The maximum atomic E-state index is 12.0. The van der Waals surface area contributed by atoms with Gasteiger partial charge in [0.2, 0.25) is 5.91 Å². The number of hydrogen-bond donors (Lipinski definition) is 2. The van der Waals surface area contributed by atoms with Crippen LogP contribution in [0.2, 0.25) is 0 Å². The highest BCUT2D eigenvalue weighted by Crippen LogP contribution is 2.07. The zero-order valence-corrected chi connectivity index (χ0v) is 11.1. The maximum absolute atomic E-state index is 12.0. The second-order valence-corrected chi connectivity index (χ2v) is 4.57. The lowest BCUT2D eigenvalue weighted by Gasteiger charge is -2.25. The summed E-state index contributed by atoms with van der Waals surface area (Å²) in [4.78, 5) is 34.7. The summed E-state index contributed by atoms with van der Waals surface area (Å²) in [5.74, 6) is -1.91. The molecule has 104 valence electrons. The summed E-state index contributed by atoms with van der Waals surface area (Å²) in [5, 5.41) is 13.0. The molecule has 4 N–H and O–H groups in total. The summed E-state index contributed by atoms with van der Waals surface area (Å²) in [5.41, 5.74) is 3.43. The third-order valence-electron chi connectivity index (χ3n) is 2.31. The molecular weight excluding hydrogens is 238 g/mol. The Morgan fingerprint density at radius 2 is 1.89 bits per heavy atom. The van der Waals surface area contributed by atoms with E-state index in [0.29, 0.717) is 6.42 Å². The van der Waals surface area contributed by atoms with Crippen molar-refractivity contribution >= 4 is 17.8 Å². The van der Waals surface area contributed by atoms with Gasteiger partial charge in [0.1, 0.15) is 6.04 Å². The van der Waals surface area contributed by atoms with Crippen molar-refractivity contribution in [2.24, 2.45) is 5.92 Å². The Morgan fingerprint density at radius 3 is 2.28 bits per heavy atom. The molecule has 0 heterocycles. The van der Waals surface area contributed by atoms with Gasteiger partial charge in [0.25, 0.3) is 5.91 Å². The molecule has 2 amide bonds. The van der Waals surface area contributed by atoms with Crippen LogP contribution in [0, 0.1) is 5.92 Å². The Labute approximate surface area is 106 Å². The Kier molecular flexibility index (Phi) is 6.96. The molecule has 0 unspecified atom stereocenters. The zero-order chi connectivity index (χ0) is 14.3. The second-order valence-electron chi connectivity index (χ2n) is 4.57. The highest BCUT2D eigenvalue weighted by molar-refractivity contribution is 5.89. The van der Waals surface area contributed by atoms with E-state index in [9.17, 15) is 19.5 Å². The van der Waals surface area contributed by atoms with E-state index in [2.05, 4.69) is 11.1 Å². The van der Waals surface area contributed by atoms with Crippen molar-refractivity contribution in [2.75, 3.05) is 20.1 Å². The van der Waals surface area contributed by atoms with Crippen LogP contribution >= 0.6 is 0 Å². The van der Waals surface area contributed by atoms with E-state index < -0.39 is 24.5 Å². The maximum Gasteiger partial charge on any atom is 0.275 e. The largest absolute Gasteiger partial charge is 0.548 e. The lowest BCUT2D eigenvalue weighted by Crippen LogP contribution is -2.60. The molecule has 0 aromatic carbocycles. The van der Waals surface area contributed by atoms with E-state index in [0.717, 1.165) is 4.90 Å². The molecule has 0 rings (SSSR count). The first-order valence-corrected chi connectivity index (χ1v) is 5.81. The average molecular weight is 259 g/mol. The Bertz CT molecular complexity index is 317. The van der Waals surface area contributed by atoms with E-state index in [1.54, 1.807) is 0 Å². The number of amides is 2. The molecule has 0 aromatic rings. The van der Waals surface area contributed by atoms with E-state index in [1.807, 2.05) is 13.8 Å². The smallest absolute Gasteiger partial charge is 0.275 e. The highest BCUT2D eigenvalue weighted by Gasteiger charge is 2.24. The van der Waals surface area contributed by atoms with Gasteiger partial charge in [0, 0.05) is 7.05 Å². The number of likely N-dealkylation sites (N-methyl/N-ethyl adjacent to an activating group) is 1. The number of rotatable bonds is 7. The summed E-state index contributed by atoms with van der Waals surface area (Å²) in [6, 6.07) is -0.719. The Hall–Kier alpha value is -1.63. The molecule has 18 heavy (non-hydrogen) atoms. The van der Waals surface area contributed by atoms with E-state index in [4.69, 9.17) is 0 Å². The van der Waals surface area contributed by atoms with Gasteiger partial charge < -0.3 is 25.9 Å². The van der Waals surface area contributed by atoms with Gasteiger partial charge in [-0.25, -0.2) is 0 Å². The van der Waals surface area contributed by atoms with Crippen LogP contribution in [0.1, 0.15) is 20.3 Å². The van der Waals surface area contributed by atoms with Crippen LogP contribution in [0.25, 0.3) is 0 Å². The predicted octanol–water partition coefficient (Wildman–Crippen LogP) is -3.03. The number of hydrogen-bond acceptors (Lipinski definition) is 4. The van der Waals surface area contributed by atoms with Crippen LogP contribution in [0.4, 0.5) is 0 Å². The molecule has 0 saturated heterocycles. The SMILES string of the molecule is CC(C)C[C@H](NC(=O)C[NH3+])C(=O)N(C)CC(=O)[O-]. The summed E-state index contributed by atoms with van der Waals surface area (Å²) in [7, 11) is 1.36. The van der Waals surface area contributed by atoms with Crippen molar-refractivity contribution in [3.63, 3.8) is 0 Å². The van der Waals surface area contributed by atoms with E-state index in [1.165, 1.54) is 7.05 Å². The van der Waals surface area contributed by atoms with Crippen molar-refractivity contribution in [3.05, 3.63) is 0 Å². The number of carboxylic acids is 1. The molecule has 0 aliphatic heterocycles. The molecule has 0 bridgehead atoms. The fourth-order valence-corrected chi connectivity index (χ4v) is 1.50. The van der Waals surface area contributed by atoms with Gasteiger partial charge in [0.05, 0.1) is 12.5 Å². The van der Waals surface area contributed by atoms with Gasteiger partial charge in [-0.05, 0) is 12.3 Å². The van der Waals surface area contributed by atoms with Crippen molar-refractivity contribution < 1.29 is 25.2 Å². The number of nitrogens with one attached hydrogen (secondary N) is 1. The molecule has 7 heteroatoms. The monoisotopic (exact) mass is 259 g/mol. The van der Waals surface area contributed by atoms with Gasteiger partial charge in [-0.3, -0.25) is 9.59 Å². The first-order valence-electron chi connectivity index (χ1n) is 5.81. The third kappa shape index (κ3) is 6.19. The highest BCUT2D eigenvalue weighted by atomic mass is 16.4. The minimum absolute atomic E-state index is 0.0338. The number of carboxylic acid groups (broad SMARTS) is 1. The third-order valence-corrected chi connectivity index (χ3v) is 2.31. The molecule has 0 aliphatic carbocycles. The van der Waals surface area contributed by atoms with Crippen LogP contribution in [-0.2, 0) is 14.4 Å². The average Bonchev–Trinajstić information content (AvgIpc) is 2.25. The molecule has 0 fully saturated rings. The minimum atomic E-state index is -1.34. The van der Waals surface area contributed by atoms with Crippen molar-refractivity contribution in [1.29, 1.82) is 0 Å². The van der Waals surface area contributed by atoms with E-state index in [-0.39, 0.29) is 18.4 Å². The summed E-state index contributed by atoms with van der Waals surface area (Å²) >= 11 is 0. The van der Waals surface area contributed by atoms with Crippen LogP contribution in [-0.4, -0.2) is 48.9 Å². The van der Waals surface area contributed by atoms with Crippen molar-refractivity contribution in [3.8, 4) is 0 Å². The summed E-state index contributed by atoms with van der Waals surface area (Å²) in [6.45, 7) is 3.37. The number of nitrogens with zero attached hydrogens (tertiary/aromatic N) is 1. The fourth-order valence-electron chi connectivity index (χ4n) is 1.50. The Morgan fingerprint density at radius 1 is 1.33 bits per heavy atom. The lowest BCUT2D eigenvalue weighted by molar-refractivity contribution is -0.355. The first-order chi connectivity index (χ1) is 8.27. The number of quaternary nitrogens is 1. The molecule has 0 aromatic heterocycles. The van der Waals surface area contributed by atoms with Crippen LogP contribution in [0.3, 0.4) is 0 Å². The molecule has 0 spiro atoms. The normalized spacial score (nSPS) is 12.1. The van der Waals surface area contributed by atoms with Crippen molar-refractivity contribution in [2.45, 2.75) is 26.3 Å². The molecule has 0 aliphatic rings. The Balaban J connectivity index is 4.67. The van der Waals surface area contributed by atoms with Gasteiger partial charge in [-0.15, -0.1) is 0 Å². The summed E-state index contributed by atoms with van der Waals surface area (Å²) < 4.78 is 0. The van der Waals surface area contributed by atoms with Crippen LogP contribution < -0.4 is 16.2 Å². The van der Waals surface area contributed by atoms with Crippen molar-refractivity contribution in [1.82, 2.24) is 10.2 Å². The van der Waals surface area contributed by atoms with Gasteiger partial charge in [-0.1, -0.05) is 13.8 Å². The molecule has 7 nitrogen and oxygen atoms in total. The van der Waals surface area contributed by atoms with Crippen LogP contribution in [0.5, 0.6) is 0 Å². The van der Waals surface area contributed by atoms with Gasteiger partial charge in [-0.2, -0.15) is 0 Å². The topological polar surface area (TPSA) is 117 Å². The molecule has 0 saturated carbocycles. The first kappa shape index (κ1) is 16.4. The second kappa shape index (κ2) is 7.65. The minimum Gasteiger partial charge on any atom is -0.548 e. The fraction of sp³-hybridized carbons (Fsp3) is 0.727. The zero-order valence-electron chi connectivity index (χ0n) is 11.1. The predicted molar refractivity (Wildman–Crippen MR) is 61.8 cm³/mol. The lowest BCUT2D eigenvalue weighted by atomic mass is 10.0. The molecule has 1 atom stereocenters. The number of carbonyl (C=O) groups is 3. The standard InChI is InChI=1S/C11H21N3O4/c1-7(2)4-8(13-9(15)5-12)11(18)14(3)6-10(16)17/h7-8H,4-6,12H2,1-3H3,(H,13,15)(H,16,17)/t8-/m0/s1. The van der Waals surface area contributed by atoms with Gasteiger partial charge >= 0.3 is 0 Å². The van der Waals surface area contributed by atoms with E-state index >= 15 is 0 Å².